The van der Waals surface area contributed by atoms with Crippen LogP contribution in [0.15, 0.2) is 17.1 Å². The summed E-state index contributed by atoms with van der Waals surface area (Å²) in [5.41, 5.74) is 0.946. The number of halogens is 1. The summed E-state index contributed by atoms with van der Waals surface area (Å²) >= 11 is 0. The number of ether oxygens (including phenoxy) is 3. The number of carbonyl (C=O) groups is 1. The van der Waals surface area contributed by atoms with Crippen LogP contribution >= 0.6 is 24.0 Å². The van der Waals surface area contributed by atoms with Crippen molar-refractivity contribution in [2.45, 2.75) is 26.2 Å². The van der Waals surface area contributed by atoms with Crippen molar-refractivity contribution in [1.29, 1.82) is 0 Å². The number of hydrogen-bond donors (Lipinski definition) is 3. The lowest BCUT2D eigenvalue weighted by Gasteiger charge is -2.15. The van der Waals surface area contributed by atoms with Gasteiger partial charge in [0, 0.05) is 49.8 Å². The van der Waals surface area contributed by atoms with Crippen LogP contribution in [-0.2, 0) is 11.2 Å². The van der Waals surface area contributed by atoms with Gasteiger partial charge in [0.25, 0.3) is 0 Å². The third-order valence-electron chi connectivity index (χ3n) is 4.46. The summed E-state index contributed by atoms with van der Waals surface area (Å²) in [7, 11) is 4.87. The lowest BCUT2D eigenvalue weighted by molar-refractivity contribution is -0.122. The first-order valence-corrected chi connectivity index (χ1v) is 9.71. The molecule has 29 heavy (non-hydrogen) atoms. The van der Waals surface area contributed by atoms with Crippen molar-refractivity contribution in [3.05, 3.63) is 17.7 Å². The highest BCUT2D eigenvalue weighted by molar-refractivity contribution is 14.0. The molecule has 1 aliphatic rings. The van der Waals surface area contributed by atoms with Crippen molar-refractivity contribution in [2.24, 2.45) is 10.9 Å². The van der Waals surface area contributed by atoms with E-state index in [1.54, 1.807) is 21.3 Å². The maximum atomic E-state index is 11.7. The van der Waals surface area contributed by atoms with Crippen LogP contribution in [0, 0.1) is 5.92 Å². The Hall–Kier alpha value is -1.91. The lowest BCUT2D eigenvalue weighted by Crippen LogP contribution is -2.41. The van der Waals surface area contributed by atoms with Gasteiger partial charge in [-0.1, -0.05) is 0 Å². The van der Waals surface area contributed by atoms with Crippen LogP contribution in [0.3, 0.4) is 0 Å². The van der Waals surface area contributed by atoms with Gasteiger partial charge in [0.1, 0.15) is 17.2 Å². The number of carbonyl (C=O) groups excluding carboxylic acids is 1. The summed E-state index contributed by atoms with van der Waals surface area (Å²) < 4.78 is 16.2. The maximum absolute atomic E-state index is 11.7. The molecule has 1 aromatic rings. The summed E-state index contributed by atoms with van der Waals surface area (Å²) in [5, 5.41) is 9.39. The first-order chi connectivity index (χ1) is 13.6. The topological polar surface area (TPSA) is 93.2 Å². The van der Waals surface area contributed by atoms with Gasteiger partial charge in [-0.3, -0.25) is 9.79 Å². The Bertz CT molecular complexity index is 655. The summed E-state index contributed by atoms with van der Waals surface area (Å²) in [6.07, 6.45) is 2.69. The molecule has 9 heteroatoms. The van der Waals surface area contributed by atoms with E-state index in [4.69, 9.17) is 14.2 Å². The van der Waals surface area contributed by atoms with Crippen LogP contribution in [0.25, 0.3) is 0 Å². The van der Waals surface area contributed by atoms with Crippen molar-refractivity contribution in [2.75, 3.05) is 47.5 Å². The normalized spacial score (nSPS) is 13.2. The zero-order chi connectivity index (χ0) is 20.4. The second-order valence-electron chi connectivity index (χ2n) is 6.51. The highest BCUT2D eigenvalue weighted by Crippen LogP contribution is 2.34. The average molecular weight is 520 g/mol. The molecular formula is C20H33IN4O4. The van der Waals surface area contributed by atoms with Crippen LogP contribution < -0.4 is 30.2 Å². The summed E-state index contributed by atoms with van der Waals surface area (Å²) in [4.78, 5) is 16.3. The van der Waals surface area contributed by atoms with Gasteiger partial charge in [0.15, 0.2) is 5.96 Å². The Morgan fingerprint density at radius 1 is 1.03 bits per heavy atom. The van der Waals surface area contributed by atoms with E-state index < -0.39 is 0 Å². The van der Waals surface area contributed by atoms with Gasteiger partial charge in [0.2, 0.25) is 5.91 Å². The van der Waals surface area contributed by atoms with Crippen molar-refractivity contribution in [1.82, 2.24) is 16.0 Å². The Kier molecular flexibility index (Phi) is 11.6. The molecule has 0 spiro atoms. The predicted octanol–water partition coefficient (Wildman–Crippen LogP) is 1.95. The van der Waals surface area contributed by atoms with E-state index in [9.17, 15) is 4.79 Å². The SMILES string of the molecule is CCNC(=NCCc1c(OC)cc(OC)cc1OC)NCCNC(=O)C1CC1.I. The van der Waals surface area contributed by atoms with Crippen molar-refractivity contribution >= 4 is 35.8 Å². The van der Waals surface area contributed by atoms with E-state index in [2.05, 4.69) is 20.9 Å². The zero-order valence-electron chi connectivity index (χ0n) is 17.7. The molecule has 0 bridgehead atoms. The molecule has 3 N–H and O–H groups in total. The lowest BCUT2D eigenvalue weighted by atomic mass is 10.1. The number of hydrogen-bond acceptors (Lipinski definition) is 5. The van der Waals surface area contributed by atoms with E-state index >= 15 is 0 Å². The molecule has 164 valence electrons. The maximum Gasteiger partial charge on any atom is 0.223 e. The monoisotopic (exact) mass is 520 g/mol. The fourth-order valence-corrected chi connectivity index (χ4v) is 2.80. The molecule has 1 amide bonds. The Morgan fingerprint density at radius 3 is 2.17 bits per heavy atom. The molecule has 1 saturated carbocycles. The van der Waals surface area contributed by atoms with Crippen LogP contribution in [0.4, 0.5) is 0 Å². The van der Waals surface area contributed by atoms with Gasteiger partial charge >= 0.3 is 0 Å². The molecule has 1 aromatic carbocycles. The Labute approximate surface area is 190 Å². The number of rotatable bonds is 11. The molecule has 2 rings (SSSR count). The largest absolute Gasteiger partial charge is 0.496 e. The first kappa shape index (κ1) is 25.1. The number of nitrogens with zero attached hydrogens (tertiary/aromatic N) is 1. The summed E-state index contributed by atoms with van der Waals surface area (Å²) in [6, 6.07) is 3.68. The number of benzene rings is 1. The van der Waals surface area contributed by atoms with Gasteiger partial charge in [0.05, 0.1) is 21.3 Å². The minimum absolute atomic E-state index is 0. The van der Waals surface area contributed by atoms with E-state index in [0.717, 1.165) is 30.9 Å². The number of aliphatic imine (C=N–C) groups is 1. The minimum Gasteiger partial charge on any atom is -0.496 e. The number of nitrogens with one attached hydrogen (secondary N) is 3. The Morgan fingerprint density at radius 2 is 1.66 bits per heavy atom. The standard InChI is InChI=1S/C20H32N4O4.HI/c1-5-21-20(24-11-10-22-19(25)14-6-7-14)23-9-8-16-17(27-3)12-15(26-2)13-18(16)28-4;/h12-14H,5-11H2,1-4H3,(H,22,25)(H2,21,23,24);1H. The zero-order valence-corrected chi connectivity index (χ0v) is 20.0. The molecule has 0 radical (unpaired) electrons. The third-order valence-corrected chi connectivity index (χ3v) is 4.46. The van der Waals surface area contributed by atoms with Crippen LogP contribution in [0.2, 0.25) is 0 Å². The molecule has 0 unspecified atom stereocenters. The molecule has 0 heterocycles. The van der Waals surface area contributed by atoms with E-state index in [1.807, 2.05) is 19.1 Å². The highest BCUT2D eigenvalue weighted by Gasteiger charge is 2.28. The number of methoxy groups -OCH3 is 3. The van der Waals surface area contributed by atoms with Gasteiger partial charge in [-0.15, -0.1) is 24.0 Å². The molecule has 8 nitrogen and oxygen atoms in total. The third kappa shape index (κ3) is 8.15. The summed E-state index contributed by atoms with van der Waals surface area (Å²) in [6.45, 7) is 4.54. The highest BCUT2D eigenvalue weighted by atomic mass is 127. The van der Waals surface area contributed by atoms with E-state index in [-0.39, 0.29) is 35.8 Å². The first-order valence-electron chi connectivity index (χ1n) is 9.71. The van der Waals surface area contributed by atoms with Crippen LogP contribution in [0.1, 0.15) is 25.3 Å². The number of guanidine groups is 1. The second kappa shape index (κ2) is 13.3. The van der Waals surface area contributed by atoms with Crippen molar-refractivity contribution < 1.29 is 19.0 Å². The van der Waals surface area contributed by atoms with Crippen molar-refractivity contribution in [3.8, 4) is 17.2 Å². The smallest absolute Gasteiger partial charge is 0.223 e. The second-order valence-corrected chi connectivity index (χ2v) is 6.51. The molecule has 1 fully saturated rings. The van der Waals surface area contributed by atoms with Gasteiger partial charge in [-0.25, -0.2) is 0 Å². The fourth-order valence-electron chi connectivity index (χ4n) is 2.80. The molecule has 0 aliphatic heterocycles. The Balaban J connectivity index is 0.00000420. The molecule has 0 aromatic heterocycles. The summed E-state index contributed by atoms with van der Waals surface area (Å²) in [5.74, 6) is 3.22. The molecule has 0 saturated heterocycles. The van der Waals surface area contributed by atoms with Gasteiger partial charge in [-0.2, -0.15) is 0 Å². The van der Waals surface area contributed by atoms with E-state index in [1.165, 1.54) is 0 Å². The predicted molar refractivity (Wildman–Crippen MR) is 125 cm³/mol. The van der Waals surface area contributed by atoms with Crippen LogP contribution in [-0.4, -0.2) is 59.4 Å². The molecule has 1 aliphatic carbocycles. The average Bonchev–Trinajstić information content (AvgIpc) is 3.56. The minimum atomic E-state index is 0. The fraction of sp³-hybridized carbons (Fsp3) is 0.600. The molecular weight excluding hydrogens is 487 g/mol. The quantitative estimate of drug-likeness (QED) is 0.179. The van der Waals surface area contributed by atoms with Gasteiger partial charge < -0.3 is 30.2 Å². The van der Waals surface area contributed by atoms with Crippen LogP contribution in [0.5, 0.6) is 17.2 Å². The van der Waals surface area contributed by atoms with Crippen molar-refractivity contribution in [3.63, 3.8) is 0 Å². The van der Waals surface area contributed by atoms with E-state index in [0.29, 0.717) is 43.3 Å². The number of amides is 1. The molecule has 0 atom stereocenters. The van der Waals surface area contributed by atoms with Gasteiger partial charge in [-0.05, 0) is 26.2 Å².